The van der Waals surface area contributed by atoms with E-state index >= 15 is 0 Å². The number of nitrogens with zero attached hydrogens (tertiary/aromatic N) is 2. The number of fused-ring (bicyclic) bond motifs is 1. The van der Waals surface area contributed by atoms with E-state index in [9.17, 15) is 4.79 Å². The van der Waals surface area contributed by atoms with Crippen LogP contribution in [0.1, 0.15) is 25.6 Å². The minimum absolute atomic E-state index is 0. The summed E-state index contributed by atoms with van der Waals surface area (Å²) in [7, 11) is 0. The molecule has 0 atom stereocenters. The number of primary amides is 1. The van der Waals surface area contributed by atoms with Crippen molar-refractivity contribution in [1.82, 2.24) is 9.38 Å². The highest BCUT2D eigenvalue weighted by Gasteiger charge is 2.11. The average Bonchev–Trinajstić information content (AvgIpc) is 2.86. The summed E-state index contributed by atoms with van der Waals surface area (Å²) in [4.78, 5) is 13.9. The van der Waals surface area contributed by atoms with Crippen LogP contribution in [0.5, 0.6) is 0 Å². The predicted octanol–water partition coefficient (Wildman–Crippen LogP) is 2.90. The third-order valence-electron chi connectivity index (χ3n) is 3.15. The summed E-state index contributed by atoms with van der Waals surface area (Å²) < 4.78 is 2.05. The van der Waals surface area contributed by atoms with Crippen molar-refractivity contribution in [2.75, 3.05) is 0 Å². The van der Waals surface area contributed by atoms with Gasteiger partial charge in [0.1, 0.15) is 5.65 Å². The number of imidazole rings is 1. The Balaban J connectivity index is 0.000000478. The molecule has 0 aliphatic carbocycles. The van der Waals surface area contributed by atoms with E-state index in [0.717, 1.165) is 22.6 Å². The number of carbonyl (C=O) groups is 1. The Morgan fingerprint density at radius 1 is 1.17 bits per heavy atom. The lowest BCUT2D eigenvalue weighted by Gasteiger charge is -2.02. The highest BCUT2D eigenvalue weighted by atomic mass is 16.1. The van der Waals surface area contributed by atoms with Gasteiger partial charge in [-0.3, -0.25) is 4.79 Å². The molecule has 4 N–H and O–H groups in total. The molecule has 122 valence electrons. The highest BCUT2D eigenvalue weighted by molar-refractivity contribution is 5.70. The van der Waals surface area contributed by atoms with E-state index in [1.807, 2.05) is 24.4 Å². The molecule has 5 heteroatoms. The van der Waals surface area contributed by atoms with Crippen molar-refractivity contribution in [2.45, 2.75) is 27.8 Å². The summed E-state index contributed by atoms with van der Waals surface area (Å²) in [6.45, 7) is 3.87. The summed E-state index contributed by atoms with van der Waals surface area (Å²) >= 11 is 0. The van der Waals surface area contributed by atoms with Crippen molar-refractivity contribution in [3.63, 3.8) is 0 Å². The molecule has 5 nitrogen and oxygen atoms in total. The van der Waals surface area contributed by atoms with Crippen molar-refractivity contribution >= 4 is 11.6 Å². The second-order valence-corrected chi connectivity index (χ2v) is 5.02. The number of nitrogens with two attached hydrogens (primary N) is 2. The Morgan fingerprint density at radius 3 is 2.35 bits per heavy atom. The Morgan fingerprint density at radius 2 is 1.78 bits per heavy atom. The number of carbonyl (C=O) groups excluding carboxylic acids is 1. The van der Waals surface area contributed by atoms with Gasteiger partial charge in [0, 0.05) is 25.2 Å². The first-order valence-corrected chi connectivity index (χ1v) is 7.02. The van der Waals surface area contributed by atoms with E-state index in [0.29, 0.717) is 6.54 Å². The van der Waals surface area contributed by atoms with Gasteiger partial charge in [0.2, 0.25) is 5.91 Å². The maximum Gasteiger partial charge on any atom is 0.214 e. The van der Waals surface area contributed by atoms with Crippen LogP contribution in [0.25, 0.3) is 16.9 Å². The van der Waals surface area contributed by atoms with Gasteiger partial charge in [-0.25, -0.2) is 4.98 Å². The van der Waals surface area contributed by atoms with E-state index in [-0.39, 0.29) is 13.3 Å². The fourth-order valence-corrected chi connectivity index (χ4v) is 2.18. The molecule has 2 heterocycles. The normalized spacial score (nSPS) is 9.70. The second kappa shape index (κ2) is 8.10. The zero-order valence-electron chi connectivity index (χ0n) is 12.8. The lowest BCUT2D eigenvalue weighted by Crippen LogP contribution is -2.02. The molecule has 0 radical (unpaired) electrons. The molecule has 3 rings (SSSR count). The minimum atomic E-state index is -0.333. The largest absolute Gasteiger partial charge is 0.370 e. The van der Waals surface area contributed by atoms with Crippen molar-refractivity contribution in [2.24, 2.45) is 11.5 Å². The van der Waals surface area contributed by atoms with Gasteiger partial charge in [-0.15, -0.1) is 0 Å². The van der Waals surface area contributed by atoms with Gasteiger partial charge in [-0.05, 0) is 19.1 Å². The fraction of sp³-hybridized carbons (Fsp3) is 0.222. The summed E-state index contributed by atoms with van der Waals surface area (Å²) in [5, 5.41) is 0. The minimum Gasteiger partial charge on any atom is -0.370 e. The predicted molar refractivity (Wildman–Crippen MR) is 94.9 cm³/mol. The molecule has 0 unspecified atom stereocenters. The van der Waals surface area contributed by atoms with Gasteiger partial charge < -0.3 is 15.9 Å². The SMILES string of the molecule is C.CC(N)=O.Cc1ccc(-c2nc3ccccn3c2CN)cc1. The van der Waals surface area contributed by atoms with Gasteiger partial charge in [0.05, 0.1) is 11.4 Å². The van der Waals surface area contributed by atoms with E-state index < -0.39 is 0 Å². The van der Waals surface area contributed by atoms with Gasteiger partial charge >= 0.3 is 0 Å². The molecule has 2 aromatic heterocycles. The van der Waals surface area contributed by atoms with E-state index in [4.69, 9.17) is 5.73 Å². The molecule has 1 aromatic carbocycles. The molecule has 0 aliphatic heterocycles. The van der Waals surface area contributed by atoms with E-state index in [1.165, 1.54) is 12.5 Å². The number of aromatic nitrogens is 2. The number of hydrogen-bond donors (Lipinski definition) is 2. The third-order valence-corrected chi connectivity index (χ3v) is 3.15. The maximum atomic E-state index is 9.22. The summed E-state index contributed by atoms with van der Waals surface area (Å²) in [5.74, 6) is -0.333. The van der Waals surface area contributed by atoms with Crippen molar-refractivity contribution < 1.29 is 4.79 Å². The Hall–Kier alpha value is -2.66. The number of aryl methyl sites for hydroxylation is 1. The topological polar surface area (TPSA) is 86.4 Å². The quantitative estimate of drug-likeness (QED) is 0.763. The van der Waals surface area contributed by atoms with Gasteiger partial charge in [0.15, 0.2) is 0 Å². The molecular formula is C18H24N4O. The number of amides is 1. The van der Waals surface area contributed by atoms with Crippen LogP contribution in [0.3, 0.4) is 0 Å². The zero-order valence-corrected chi connectivity index (χ0v) is 12.8. The van der Waals surface area contributed by atoms with Crippen molar-refractivity contribution in [3.8, 4) is 11.3 Å². The van der Waals surface area contributed by atoms with Crippen LogP contribution in [0.15, 0.2) is 48.7 Å². The number of rotatable bonds is 2. The monoisotopic (exact) mass is 312 g/mol. The van der Waals surface area contributed by atoms with Crippen LogP contribution in [0, 0.1) is 6.92 Å². The van der Waals surface area contributed by atoms with Crippen molar-refractivity contribution in [1.29, 1.82) is 0 Å². The standard InChI is InChI=1S/C15H15N3.C2H5NO.CH4/c1-11-5-7-12(8-6-11)15-13(10-16)18-9-3-2-4-14(18)17-15;1-2(3)4;/h2-9H,10,16H2,1H3;1H3,(H2,3,4);1H4. The summed E-state index contributed by atoms with van der Waals surface area (Å²) in [6.07, 6.45) is 2.00. The van der Waals surface area contributed by atoms with Crippen LogP contribution in [-0.2, 0) is 11.3 Å². The molecule has 0 spiro atoms. The van der Waals surface area contributed by atoms with Crippen LogP contribution in [0.4, 0.5) is 0 Å². The Kier molecular flexibility index (Phi) is 6.48. The van der Waals surface area contributed by atoms with Crippen LogP contribution >= 0.6 is 0 Å². The first kappa shape index (κ1) is 18.4. The average molecular weight is 312 g/mol. The summed E-state index contributed by atoms with van der Waals surface area (Å²) in [6, 6.07) is 14.4. The van der Waals surface area contributed by atoms with E-state index in [1.54, 1.807) is 0 Å². The van der Waals surface area contributed by atoms with Crippen LogP contribution < -0.4 is 11.5 Å². The Bertz CT molecular complexity index is 771. The molecular weight excluding hydrogens is 288 g/mol. The first-order valence-electron chi connectivity index (χ1n) is 7.02. The van der Waals surface area contributed by atoms with Gasteiger partial charge in [-0.2, -0.15) is 0 Å². The molecule has 0 saturated carbocycles. The van der Waals surface area contributed by atoms with Crippen LogP contribution in [0.2, 0.25) is 0 Å². The molecule has 0 fully saturated rings. The molecule has 3 aromatic rings. The smallest absolute Gasteiger partial charge is 0.214 e. The van der Waals surface area contributed by atoms with Crippen molar-refractivity contribution in [3.05, 3.63) is 59.9 Å². The molecule has 1 amide bonds. The Labute approximate surface area is 137 Å². The van der Waals surface area contributed by atoms with Gasteiger partial charge in [-0.1, -0.05) is 43.3 Å². The van der Waals surface area contributed by atoms with Crippen LogP contribution in [-0.4, -0.2) is 15.3 Å². The number of hydrogen-bond acceptors (Lipinski definition) is 3. The number of pyridine rings is 1. The maximum absolute atomic E-state index is 9.22. The third kappa shape index (κ3) is 4.40. The second-order valence-electron chi connectivity index (χ2n) is 5.02. The molecule has 0 aliphatic rings. The van der Waals surface area contributed by atoms with E-state index in [2.05, 4.69) is 46.3 Å². The highest BCUT2D eigenvalue weighted by Crippen LogP contribution is 2.24. The number of benzene rings is 1. The molecule has 23 heavy (non-hydrogen) atoms. The zero-order chi connectivity index (χ0) is 16.1. The molecule has 0 bridgehead atoms. The first-order chi connectivity index (χ1) is 10.5. The van der Waals surface area contributed by atoms with Gasteiger partial charge in [0.25, 0.3) is 0 Å². The summed E-state index contributed by atoms with van der Waals surface area (Å²) in [5.41, 5.74) is 15.7. The molecule has 0 saturated heterocycles. The lowest BCUT2D eigenvalue weighted by molar-refractivity contribution is -0.115. The lowest BCUT2D eigenvalue weighted by atomic mass is 10.1. The fourth-order valence-electron chi connectivity index (χ4n) is 2.18.